The summed E-state index contributed by atoms with van der Waals surface area (Å²) in [5.74, 6) is -1.04. The molecule has 3 heterocycles. The molecule has 9 nitrogen and oxygen atoms in total. The van der Waals surface area contributed by atoms with Crippen LogP contribution in [0.4, 0.5) is 0 Å². The molecule has 142 valence electrons. The minimum atomic E-state index is -0.654. The molecule has 1 aromatic heterocycles. The maximum atomic E-state index is 13.0. The quantitative estimate of drug-likeness (QED) is 0.820. The van der Waals surface area contributed by atoms with E-state index < -0.39 is 5.79 Å². The second-order valence-corrected chi connectivity index (χ2v) is 7.13. The largest absolute Gasteiger partial charge is 0.348 e. The summed E-state index contributed by atoms with van der Waals surface area (Å²) in [6, 6.07) is 1.95. The van der Waals surface area contributed by atoms with Crippen molar-refractivity contribution in [1.29, 1.82) is 0 Å². The highest BCUT2D eigenvalue weighted by molar-refractivity contribution is 6.39. The van der Waals surface area contributed by atoms with Crippen LogP contribution in [0.5, 0.6) is 0 Å². The highest BCUT2D eigenvalue weighted by Crippen LogP contribution is 2.23. The van der Waals surface area contributed by atoms with Gasteiger partial charge in [0.15, 0.2) is 5.79 Å². The van der Waals surface area contributed by atoms with Crippen molar-refractivity contribution in [3.63, 3.8) is 0 Å². The van der Waals surface area contributed by atoms with Crippen molar-refractivity contribution in [2.75, 3.05) is 13.2 Å². The van der Waals surface area contributed by atoms with E-state index in [4.69, 9.17) is 9.47 Å². The van der Waals surface area contributed by atoms with E-state index in [0.29, 0.717) is 31.8 Å². The van der Waals surface area contributed by atoms with Crippen LogP contribution < -0.4 is 5.43 Å². The summed E-state index contributed by atoms with van der Waals surface area (Å²) in [6.07, 6.45) is 0.375. The van der Waals surface area contributed by atoms with Gasteiger partial charge < -0.3 is 14.4 Å². The zero-order chi connectivity index (χ0) is 18.9. The Balaban J connectivity index is 1.77. The number of ether oxygens (including phenoxy) is 2. The van der Waals surface area contributed by atoms with Crippen LogP contribution in [0.3, 0.4) is 0 Å². The molecule has 0 radical (unpaired) electrons. The summed E-state index contributed by atoms with van der Waals surface area (Å²) in [5, 5.41) is 8.27. The zero-order valence-electron chi connectivity index (χ0n) is 15.6. The second kappa shape index (κ2) is 7.16. The Morgan fingerprint density at radius 3 is 2.77 bits per heavy atom. The first-order valence-corrected chi connectivity index (χ1v) is 8.69. The van der Waals surface area contributed by atoms with E-state index in [1.807, 2.05) is 33.9 Å². The number of carbonyl (C=O) groups is 2. The lowest BCUT2D eigenvalue weighted by Gasteiger charge is -2.27. The average molecular weight is 363 g/mol. The number of amides is 2. The second-order valence-electron chi connectivity index (χ2n) is 7.13. The number of hydrogen-bond donors (Lipinski definition) is 1. The van der Waals surface area contributed by atoms with E-state index in [0.717, 1.165) is 11.4 Å². The molecule has 1 unspecified atom stereocenters. The summed E-state index contributed by atoms with van der Waals surface area (Å²) in [7, 11) is 1.85. The first kappa shape index (κ1) is 18.5. The third kappa shape index (κ3) is 4.28. The number of carbonyl (C=O) groups excluding carboxylic acids is 2. The molecule has 1 N–H and O–H groups in total. The molecule has 2 aliphatic heterocycles. The predicted molar refractivity (Wildman–Crippen MR) is 93.1 cm³/mol. The smallest absolute Gasteiger partial charge is 0.270 e. The molecular weight excluding hydrogens is 338 g/mol. The molecule has 9 heteroatoms. The third-order valence-corrected chi connectivity index (χ3v) is 4.38. The maximum Gasteiger partial charge on any atom is 0.270 e. The summed E-state index contributed by atoms with van der Waals surface area (Å²) in [4.78, 5) is 26.0. The number of hydrazone groups is 1. The Bertz CT molecular complexity index is 740. The van der Waals surface area contributed by atoms with Gasteiger partial charge in [-0.3, -0.25) is 14.3 Å². The monoisotopic (exact) mass is 363 g/mol. The molecule has 1 atom stereocenters. The third-order valence-electron chi connectivity index (χ3n) is 4.38. The molecule has 1 fully saturated rings. The lowest BCUT2D eigenvalue weighted by Crippen LogP contribution is -2.44. The van der Waals surface area contributed by atoms with Gasteiger partial charge in [-0.2, -0.15) is 10.2 Å². The fourth-order valence-electron chi connectivity index (χ4n) is 3.14. The highest BCUT2D eigenvalue weighted by atomic mass is 16.7. The molecule has 1 aromatic rings. The van der Waals surface area contributed by atoms with E-state index in [2.05, 4.69) is 15.6 Å². The molecule has 26 heavy (non-hydrogen) atoms. The number of aryl methyl sites for hydroxylation is 2. The maximum absolute atomic E-state index is 13.0. The number of nitrogens with zero attached hydrogens (tertiary/aromatic N) is 4. The zero-order valence-corrected chi connectivity index (χ0v) is 15.6. The normalized spacial score (nSPS) is 22.1. The molecule has 0 aliphatic carbocycles. The SMILES string of the molecule is Cc1cc(CN(CC2COC(C)(C)O2)C(=O)C2=NNC(=O)CC2)n(C)n1. The lowest BCUT2D eigenvalue weighted by atomic mass is 10.1. The molecule has 3 rings (SSSR count). The van der Waals surface area contributed by atoms with Crippen molar-refractivity contribution in [2.24, 2.45) is 12.1 Å². The molecule has 2 amide bonds. The summed E-state index contributed by atoms with van der Waals surface area (Å²) >= 11 is 0. The topological polar surface area (TPSA) is 98.0 Å². The van der Waals surface area contributed by atoms with E-state index >= 15 is 0 Å². The van der Waals surface area contributed by atoms with E-state index in [1.54, 1.807) is 9.58 Å². The van der Waals surface area contributed by atoms with Gasteiger partial charge >= 0.3 is 0 Å². The Labute approximate surface area is 152 Å². The van der Waals surface area contributed by atoms with Crippen LogP contribution in [0, 0.1) is 6.92 Å². The van der Waals surface area contributed by atoms with Gasteiger partial charge in [-0.1, -0.05) is 0 Å². The minimum Gasteiger partial charge on any atom is -0.348 e. The highest BCUT2D eigenvalue weighted by Gasteiger charge is 2.35. The van der Waals surface area contributed by atoms with Crippen LogP contribution in [-0.4, -0.2) is 57.2 Å². The van der Waals surface area contributed by atoms with Crippen molar-refractivity contribution in [3.05, 3.63) is 17.5 Å². The van der Waals surface area contributed by atoms with Crippen molar-refractivity contribution >= 4 is 17.5 Å². The number of rotatable bonds is 5. The van der Waals surface area contributed by atoms with Gasteiger partial charge in [0.1, 0.15) is 11.8 Å². The molecule has 0 aromatic carbocycles. The Morgan fingerprint density at radius 2 is 2.23 bits per heavy atom. The molecule has 1 saturated heterocycles. The van der Waals surface area contributed by atoms with Crippen LogP contribution in [-0.2, 0) is 32.7 Å². The fourth-order valence-corrected chi connectivity index (χ4v) is 3.14. The average Bonchev–Trinajstić information content (AvgIpc) is 3.07. The van der Waals surface area contributed by atoms with E-state index in [1.165, 1.54) is 0 Å². The van der Waals surface area contributed by atoms with Crippen molar-refractivity contribution in [3.8, 4) is 0 Å². The lowest BCUT2D eigenvalue weighted by molar-refractivity contribution is -0.144. The van der Waals surface area contributed by atoms with Crippen LogP contribution in [0.15, 0.2) is 11.2 Å². The Kier molecular flexibility index (Phi) is 5.10. The molecule has 0 bridgehead atoms. The van der Waals surface area contributed by atoms with Crippen molar-refractivity contribution in [2.45, 2.75) is 52.0 Å². The van der Waals surface area contributed by atoms with Gasteiger partial charge in [0.05, 0.1) is 31.1 Å². The molecular formula is C17H25N5O4. The van der Waals surface area contributed by atoms with Gasteiger partial charge in [-0.25, -0.2) is 5.43 Å². The Morgan fingerprint density at radius 1 is 1.46 bits per heavy atom. The van der Waals surface area contributed by atoms with Crippen LogP contribution in [0.1, 0.15) is 38.1 Å². The van der Waals surface area contributed by atoms with Gasteiger partial charge in [0.2, 0.25) is 5.91 Å². The summed E-state index contributed by atoms with van der Waals surface area (Å²) in [5.41, 5.74) is 4.53. The molecule has 2 aliphatic rings. The number of nitrogens with one attached hydrogen (secondary N) is 1. The standard InChI is InChI=1S/C17H25N5O4/c1-11-7-12(21(4)20-11)8-22(9-13-10-25-17(2,3)26-13)16(24)14-5-6-15(23)19-18-14/h7,13H,5-6,8-10H2,1-4H3,(H,19,23). The molecule has 0 spiro atoms. The van der Waals surface area contributed by atoms with Crippen molar-refractivity contribution < 1.29 is 19.1 Å². The van der Waals surface area contributed by atoms with Crippen molar-refractivity contribution in [1.82, 2.24) is 20.1 Å². The van der Waals surface area contributed by atoms with Gasteiger partial charge in [0.25, 0.3) is 5.91 Å². The summed E-state index contributed by atoms with van der Waals surface area (Å²) < 4.78 is 13.2. The predicted octanol–water partition coefficient (Wildman–Crippen LogP) is 0.475. The van der Waals surface area contributed by atoms with Gasteiger partial charge in [-0.05, 0) is 26.8 Å². The van der Waals surface area contributed by atoms with E-state index in [9.17, 15) is 9.59 Å². The molecule has 0 saturated carbocycles. The van der Waals surface area contributed by atoms with Crippen LogP contribution in [0.2, 0.25) is 0 Å². The van der Waals surface area contributed by atoms with E-state index in [-0.39, 0.29) is 24.3 Å². The minimum absolute atomic E-state index is 0.176. The first-order valence-electron chi connectivity index (χ1n) is 8.69. The van der Waals surface area contributed by atoms with Crippen LogP contribution >= 0.6 is 0 Å². The van der Waals surface area contributed by atoms with Crippen LogP contribution in [0.25, 0.3) is 0 Å². The van der Waals surface area contributed by atoms with Gasteiger partial charge in [0, 0.05) is 19.9 Å². The first-order chi connectivity index (χ1) is 12.2. The van der Waals surface area contributed by atoms with Gasteiger partial charge in [-0.15, -0.1) is 0 Å². The number of hydrogen-bond acceptors (Lipinski definition) is 6. The Hall–Kier alpha value is -2.26. The fraction of sp³-hybridized carbons (Fsp3) is 0.647. The number of aromatic nitrogens is 2. The summed E-state index contributed by atoms with van der Waals surface area (Å²) in [6.45, 7) is 6.79.